The Bertz CT molecular complexity index is 120. The Balaban J connectivity index is 0. The molecular weight excluding hydrogens is 200 g/mol. The summed E-state index contributed by atoms with van der Waals surface area (Å²) in [4.78, 5) is 0. The smallest absolute Gasteiger partial charge is 0.123 e. The molecule has 1 nitrogen and oxygen atoms in total. The highest BCUT2D eigenvalue weighted by molar-refractivity contribution is 8.02. The van der Waals surface area contributed by atoms with Crippen LogP contribution in [0.2, 0.25) is 0 Å². The fraction of sp³-hybridized carbons (Fsp3) is 1.00. The lowest BCUT2D eigenvalue weighted by molar-refractivity contribution is -0.00000347. The van der Waals surface area contributed by atoms with Gasteiger partial charge in [0.1, 0.15) is 17.3 Å². The van der Waals surface area contributed by atoms with Gasteiger partial charge < -0.3 is 17.0 Å². The molecule has 0 heterocycles. The van der Waals surface area contributed by atoms with Crippen LogP contribution < -0.4 is 17.0 Å². The van der Waals surface area contributed by atoms with Crippen molar-refractivity contribution in [1.29, 1.82) is 0 Å². The van der Waals surface area contributed by atoms with Crippen molar-refractivity contribution < 1.29 is 21.2 Å². The SMILES string of the molecule is CC(C)(C)[S+](C)(C)=O.[Br-]. The van der Waals surface area contributed by atoms with Gasteiger partial charge in [0.15, 0.2) is 0 Å². The first-order valence-corrected chi connectivity index (χ1v) is 5.06. The van der Waals surface area contributed by atoms with Crippen molar-refractivity contribution in [3.63, 3.8) is 0 Å². The van der Waals surface area contributed by atoms with Gasteiger partial charge in [0.2, 0.25) is 0 Å². The molecular formula is C6H15BrOS. The molecule has 0 aromatic heterocycles. The summed E-state index contributed by atoms with van der Waals surface area (Å²) in [5.41, 5.74) is 0. The summed E-state index contributed by atoms with van der Waals surface area (Å²) in [6.45, 7) is 5.99. The van der Waals surface area contributed by atoms with Crippen LogP contribution >= 0.6 is 0 Å². The van der Waals surface area contributed by atoms with Gasteiger partial charge in [-0.25, -0.2) is 0 Å². The fourth-order valence-electron chi connectivity index (χ4n) is 0. The monoisotopic (exact) mass is 214 g/mol. The maximum atomic E-state index is 11.2. The zero-order valence-electron chi connectivity index (χ0n) is 6.69. The summed E-state index contributed by atoms with van der Waals surface area (Å²) in [7, 11) is -1.59. The van der Waals surface area contributed by atoms with E-state index in [0.29, 0.717) is 0 Å². The van der Waals surface area contributed by atoms with E-state index in [-0.39, 0.29) is 21.7 Å². The van der Waals surface area contributed by atoms with Crippen molar-refractivity contribution in [3.8, 4) is 0 Å². The molecule has 0 rings (SSSR count). The van der Waals surface area contributed by atoms with Crippen LogP contribution in [0.25, 0.3) is 0 Å². The lowest BCUT2D eigenvalue weighted by Crippen LogP contribution is -3.00. The molecule has 0 amide bonds. The third-order valence-electron chi connectivity index (χ3n) is 1.47. The Kier molecular flexibility index (Phi) is 4.31. The minimum Gasteiger partial charge on any atom is -1.00 e. The second-order valence-electron chi connectivity index (χ2n) is 3.35. The van der Waals surface area contributed by atoms with E-state index in [1.165, 1.54) is 0 Å². The van der Waals surface area contributed by atoms with Gasteiger partial charge in [-0.05, 0) is 20.8 Å². The van der Waals surface area contributed by atoms with Crippen LogP contribution in [-0.4, -0.2) is 17.3 Å². The summed E-state index contributed by atoms with van der Waals surface area (Å²) in [5.74, 6) is 0. The fourth-order valence-corrected chi connectivity index (χ4v) is 0. The van der Waals surface area contributed by atoms with Gasteiger partial charge in [-0.3, -0.25) is 0 Å². The molecule has 3 heteroatoms. The summed E-state index contributed by atoms with van der Waals surface area (Å²) in [5, 5.41) is 0. The maximum absolute atomic E-state index is 11.2. The maximum Gasteiger partial charge on any atom is 0.123 e. The average Bonchev–Trinajstić information content (AvgIpc) is 1.25. The van der Waals surface area contributed by atoms with Crippen LogP contribution in [0.4, 0.5) is 0 Å². The third kappa shape index (κ3) is 4.09. The molecule has 58 valence electrons. The highest BCUT2D eigenvalue weighted by atomic mass is 79.9. The van der Waals surface area contributed by atoms with Crippen molar-refractivity contribution in [2.75, 3.05) is 12.5 Å². The summed E-state index contributed by atoms with van der Waals surface area (Å²) in [6, 6.07) is 0. The molecule has 0 saturated carbocycles. The number of hydrogen-bond donors (Lipinski definition) is 0. The van der Waals surface area contributed by atoms with Crippen LogP contribution in [0.1, 0.15) is 20.8 Å². The van der Waals surface area contributed by atoms with Crippen LogP contribution in [0.3, 0.4) is 0 Å². The number of halogens is 1. The van der Waals surface area contributed by atoms with E-state index < -0.39 is 9.93 Å². The normalized spacial score (nSPS) is 12.6. The largest absolute Gasteiger partial charge is 1.00 e. The summed E-state index contributed by atoms with van der Waals surface area (Å²) < 4.78 is 11.2. The van der Waals surface area contributed by atoms with Gasteiger partial charge in [0, 0.05) is 0 Å². The van der Waals surface area contributed by atoms with Crippen molar-refractivity contribution >= 4 is 9.93 Å². The molecule has 0 fully saturated rings. The second-order valence-corrected chi connectivity index (χ2v) is 7.04. The molecule has 0 aromatic carbocycles. The standard InChI is InChI=1S/C6H15OS.BrH/c1-6(2,3)8(4,5)7;/h1-5H3;1H/q+1;/p-1. The molecule has 0 aliphatic rings. The van der Waals surface area contributed by atoms with Gasteiger partial charge in [-0.15, -0.1) is 4.21 Å². The van der Waals surface area contributed by atoms with Gasteiger partial charge in [0.25, 0.3) is 0 Å². The average molecular weight is 215 g/mol. The summed E-state index contributed by atoms with van der Waals surface area (Å²) >= 11 is 0. The molecule has 0 N–H and O–H groups in total. The van der Waals surface area contributed by atoms with Crippen molar-refractivity contribution in [1.82, 2.24) is 0 Å². The van der Waals surface area contributed by atoms with Crippen molar-refractivity contribution in [2.24, 2.45) is 0 Å². The van der Waals surface area contributed by atoms with E-state index in [0.717, 1.165) is 0 Å². The molecule has 9 heavy (non-hydrogen) atoms. The van der Waals surface area contributed by atoms with Crippen LogP contribution in [0.5, 0.6) is 0 Å². The first-order chi connectivity index (χ1) is 3.25. The predicted molar refractivity (Wildman–Crippen MR) is 39.7 cm³/mol. The van der Waals surface area contributed by atoms with E-state index in [9.17, 15) is 4.21 Å². The highest BCUT2D eigenvalue weighted by Gasteiger charge is 2.31. The molecule has 0 spiro atoms. The van der Waals surface area contributed by atoms with Crippen LogP contribution in [-0.2, 0) is 14.1 Å². The van der Waals surface area contributed by atoms with Gasteiger partial charge in [-0.1, -0.05) is 0 Å². The Labute approximate surface area is 69.4 Å². The lowest BCUT2D eigenvalue weighted by Gasteiger charge is -2.16. The highest BCUT2D eigenvalue weighted by Crippen LogP contribution is 2.18. The van der Waals surface area contributed by atoms with Crippen LogP contribution in [0.15, 0.2) is 0 Å². The molecule has 0 bridgehead atoms. The first-order valence-electron chi connectivity index (χ1n) is 2.69. The zero-order chi connectivity index (χ0) is 7.00. The molecule has 0 saturated heterocycles. The predicted octanol–water partition coefficient (Wildman–Crippen LogP) is -1.45. The van der Waals surface area contributed by atoms with Crippen molar-refractivity contribution in [2.45, 2.75) is 25.5 Å². The molecule has 0 aliphatic carbocycles. The van der Waals surface area contributed by atoms with Gasteiger partial charge >= 0.3 is 0 Å². The molecule has 0 unspecified atom stereocenters. The minimum atomic E-state index is -1.59. The van der Waals surface area contributed by atoms with E-state index in [1.54, 1.807) is 12.5 Å². The number of hydrogen-bond acceptors (Lipinski definition) is 1. The number of rotatable bonds is 0. The third-order valence-corrected chi connectivity index (χ3v) is 4.42. The Morgan fingerprint density at radius 2 is 1.22 bits per heavy atom. The van der Waals surface area contributed by atoms with Crippen molar-refractivity contribution in [3.05, 3.63) is 0 Å². The molecule has 0 atom stereocenters. The van der Waals surface area contributed by atoms with Gasteiger partial charge in [-0.2, -0.15) is 0 Å². The topological polar surface area (TPSA) is 17.1 Å². The molecule has 0 aromatic rings. The second kappa shape index (κ2) is 3.15. The van der Waals surface area contributed by atoms with Crippen LogP contribution in [0, 0.1) is 0 Å². The summed E-state index contributed by atoms with van der Waals surface area (Å²) in [6.07, 6.45) is 3.60. The van der Waals surface area contributed by atoms with E-state index >= 15 is 0 Å². The Morgan fingerprint density at radius 3 is 1.22 bits per heavy atom. The van der Waals surface area contributed by atoms with E-state index in [4.69, 9.17) is 0 Å². The molecule has 0 radical (unpaired) electrons. The molecule has 0 aliphatic heterocycles. The quantitative estimate of drug-likeness (QED) is 0.452. The van der Waals surface area contributed by atoms with Gasteiger partial charge in [0.05, 0.1) is 9.93 Å². The Morgan fingerprint density at radius 1 is 1.11 bits per heavy atom. The minimum absolute atomic E-state index is 0. The Hall–Kier alpha value is 0.630. The van der Waals surface area contributed by atoms with E-state index in [1.807, 2.05) is 20.8 Å². The first kappa shape index (κ1) is 12.3. The lowest BCUT2D eigenvalue weighted by atomic mass is 10.3. The van der Waals surface area contributed by atoms with E-state index in [2.05, 4.69) is 0 Å². The zero-order valence-corrected chi connectivity index (χ0v) is 9.10.